The predicted molar refractivity (Wildman–Crippen MR) is 127 cm³/mol. The lowest BCUT2D eigenvalue weighted by Gasteiger charge is -2.39. The van der Waals surface area contributed by atoms with Gasteiger partial charge in [-0.05, 0) is 79.7 Å². The normalized spacial score (nSPS) is 17.2. The van der Waals surface area contributed by atoms with Crippen molar-refractivity contribution in [2.24, 2.45) is 0 Å². The Morgan fingerprint density at radius 3 is 2.50 bits per heavy atom. The SMILES string of the molecule is CCCN1CCN(C(c2cc3cc(CC)ccc3[nH]c2=O)c2nnnn2C(C)(C)C)CC1. The van der Waals surface area contributed by atoms with Gasteiger partial charge in [-0.15, -0.1) is 5.10 Å². The van der Waals surface area contributed by atoms with Crippen molar-refractivity contribution in [3.8, 4) is 0 Å². The van der Waals surface area contributed by atoms with Gasteiger partial charge in [-0.3, -0.25) is 9.69 Å². The highest BCUT2D eigenvalue weighted by atomic mass is 16.1. The molecule has 4 rings (SSSR count). The number of nitrogens with zero attached hydrogens (tertiary/aromatic N) is 6. The average molecular weight is 438 g/mol. The van der Waals surface area contributed by atoms with Gasteiger partial charge in [0.2, 0.25) is 0 Å². The maximum atomic E-state index is 13.3. The number of aromatic amines is 1. The number of aryl methyl sites for hydroxylation is 1. The van der Waals surface area contributed by atoms with Gasteiger partial charge < -0.3 is 9.88 Å². The lowest BCUT2D eigenvalue weighted by atomic mass is 10.00. The molecule has 0 saturated carbocycles. The Balaban J connectivity index is 1.82. The molecular formula is C24H35N7O. The summed E-state index contributed by atoms with van der Waals surface area (Å²) in [5, 5.41) is 13.8. The van der Waals surface area contributed by atoms with E-state index in [9.17, 15) is 4.79 Å². The molecule has 0 amide bonds. The summed E-state index contributed by atoms with van der Waals surface area (Å²) in [6.45, 7) is 15.4. The standard InChI is InChI=1S/C24H35N7O/c1-6-10-29-11-13-30(14-12-29)21(22-26-27-28-31(22)24(3,4)5)19-16-18-15-17(7-2)8-9-20(18)25-23(19)32/h8-9,15-16,21H,6-7,10-14H2,1-5H3,(H,25,32). The Labute approximate surface area is 189 Å². The smallest absolute Gasteiger partial charge is 0.253 e. The lowest BCUT2D eigenvalue weighted by molar-refractivity contribution is 0.102. The fourth-order valence-corrected chi connectivity index (χ4v) is 4.60. The molecular weight excluding hydrogens is 402 g/mol. The van der Waals surface area contributed by atoms with Gasteiger partial charge in [0, 0.05) is 37.3 Å². The fourth-order valence-electron chi connectivity index (χ4n) is 4.60. The highest BCUT2D eigenvalue weighted by molar-refractivity contribution is 5.80. The van der Waals surface area contributed by atoms with E-state index < -0.39 is 0 Å². The third-order valence-electron chi connectivity index (χ3n) is 6.33. The number of aromatic nitrogens is 5. The van der Waals surface area contributed by atoms with Gasteiger partial charge in [0.05, 0.1) is 5.54 Å². The molecule has 1 aliphatic heterocycles. The number of benzene rings is 1. The van der Waals surface area contributed by atoms with E-state index in [0.717, 1.165) is 62.3 Å². The van der Waals surface area contributed by atoms with E-state index in [1.807, 2.05) is 16.8 Å². The van der Waals surface area contributed by atoms with Crippen molar-refractivity contribution in [2.75, 3.05) is 32.7 Å². The first-order valence-electron chi connectivity index (χ1n) is 11.7. The molecule has 2 aromatic heterocycles. The van der Waals surface area contributed by atoms with Crippen LogP contribution in [0, 0.1) is 0 Å². The molecule has 1 aliphatic rings. The van der Waals surface area contributed by atoms with Crippen molar-refractivity contribution in [3.63, 3.8) is 0 Å². The molecule has 1 aromatic carbocycles. The molecule has 0 aliphatic carbocycles. The molecule has 8 heteroatoms. The zero-order valence-electron chi connectivity index (χ0n) is 19.9. The quantitative estimate of drug-likeness (QED) is 0.638. The summed E-state index contributed by atoms with van der Waals surface area (Å²) in [7, 11) is 0. The molecule has 32 heavy (non-hydrogen) atoms. The van der Waals surface area contributed by atoms with Crippen LogP contribution in [0.4, 0.5) is 0 Å². The molecule has 1 unspecified atom stereocenters. The van der Waals surface area contributed by atoms with E-state index in [4.69, 9.17) is 0 Å². The highest BCUT2D eigenvalue weighted by Crippen LogP contribution is 2.30. The Morgan fingerprint density at radius 2 is 1.84 bits per heavy atom. The van der Waals surface area contributed by atoms with Gasteiger partial charge in [-0.2, -0.15) is 0 Å². The number of pyridine rings is 1. The third-order valence-corrected chi connectivity index (χ3v) is 6.33. The van der Waals surface area contributed by atoms with Crippen LogP contribution in [0.3, 0.4) is 0 Å². The maximum Gasteiger partial charge on any atom is 0.253 e. The van der Waals surface area contributed by atoms with Crippen molar-refractivity contribution < 1.29 is 0 Å². The van der Waals surface area contributed by atoms with Gasteiger partial charge in [0.1, 0.15) is 6.04 Å². The van der Waals surface area contributed by atoms with Crippen molar-refractivity contribution in [2.45, 2.75) is 59.0 Å². The predicted octanol–water partition coefficient (Wildman–Crippen LogP) is 2.95. The first-order valence-corrected chi connectivity index (χ1v) is 11.7. The summed E-state index contributed by atoms with van der Waals surface area (Å²) in [5.41, 5.74) is 2.44. The molecule has 0 radical (unpaired) electrons. The molecule has 3 heterocycles. The van der Waals surface area contributed by atoms with E-state index in [1.165, 1.54) is 5.56 Å². The summed E-state index contributed by atoms with van der Waals surface area (Å²) >= 11 is 0. The van der Waals surface area contributed by atoms with Crippen molar-refractivity contribution >= 4 is 10.9 Å². The zero-order valence-corrected chi connectivity index (χ0v) is 19.9. The van der Waals surface area contributed by atoms with Crippen LogP contribution in [0.2, 0.25) is 0 Å². The van der Waals surface area contributed by atoms with E-state index in [-0.39, 0.29) is 17.1 Å². The Bertz CT molecular complexity index is 1120. The number of hydrogen-bond acceptors (Lipinski definition) is 6. The Kier molecular flexibility index (Phi) is 6.44. The van der Waals surface area contributed by atoms with Crippen LogP contribution < -0.4 is 5.56 Å². The molecule has 1 N–H and O–H groups in total. The highest BCUT2D eigenvalue weighted by Gasteiger charge is 2.34. The van der Waals surface area contributed by atoms with Gasteiger partial charge in [-0.25, -0.2) is 4.68 Å². The topological polar surface area (TPSA) is 82.9 Å². The van der Waals surface area contributed by atoms with E-state index >= 15 is 0 Å². The average Bonchev–Trinajstić information content (AvgIpc) is 3.25. The zero-order chi connectivity index (χ0) is 22.9. The summed E-state index contributed by atoms with van der Waals surface area (Å²) in [6, 6.07) is 7.97. The minimum absolute atomic E-state index is 0.0776. The molecule has 1 saturated heterocycles. The van der Waals surface area contributed by atoms with Gasteiger partial charge in [0.25, 0.3) is 5.56 Å². The van der Waals surface area contributed by atoms with Crippen LogP contribution >= 0.6 is 0 Å². The summed E-state index contributed by atoms with van der Waals surface area (Å²) in [6.07, 6.45) is 2.10. The van der Waals surface area contributed by atoms with E-state index in [0.29, 0.717) is 5.56 Å². The Hall–Kier alpha value is -2.58. The van der Waals surface area contributed by atoms with Crippen LogP contribution in [0.1, 0.15) is 64.0 Å². The van der Waals surface area contributed by atoms with Crippen LogP contribution in [-0.2, 0) is 12.0 Å². The first-order chi connectivity index (χ1) is 15.3. The van der Waals surface area contributed by atoms with Gasteiger partial charge in [0.15, 0.2) is 5.82 Å². The maximum absolute atomic E-state index is 13.3. The molecule has 3 aromatic rings. The number of rotatable bonds is 6. The number of nitrogens with one attached hydrogen (secondary N) is 1. The number of tetrazole rings is 1. The van der Waals surface area contributed by atoms with Crippen molar-refractivity contribution in [1.82, 2.24) is 35.0 Å². The second-order valence-electron chi connectivity index (χ2n) is 9.73. The second kappa shape index (κ2) is 9.11. The molecule has 172 valence electrons. The molecule has 1 atom stereocenters. The summed E-state index contributed by atoms with van der Waals surface area (Å²) in [4.78, 5) is 21.3. The largest absolute Gasteiger partial charge is 0.322 e. The lowest BCUT2D eigenvalue weighted by Crippen LogP contribution is -2.49. The van der Waals surface area contributed by atoms with Crippen LogP contribution in [-0.4, -0.2) is 67.7 Å². The number of piperazine rings is 1. The molecule has 0 bridgehead atoms. The number of hydrogen-bond donors (Lipinski definition) is 1. The first kappa shape index (κ1) is 22.6. The minimum Gasteiger partial charge on any atom is -0.322 e. The fraction of sp³-hybridized carbons (Fsp3) is 0.583. The second-order valence-corrected chi connectivity index (χ2v) is 9.73. The molecule has 0 spiro atoms. The monoisotopic (exact) mass is 437 g/mol. The molecule has 8 nitrogen and oxygen atoms in total. The van der Waals surface area contributed by atoms with Crippen molar-refractivity contribution in [3.05, 3.63) is 51.6 Å². The molecule has 1 fully saturated rings. The van der Waals surface area contributed by atoms with Crippen LogP contribution in [0.15, 0.2) is 29.1 Å². The number of fused-ring (bicyclic) bond motifs is 1. The van der Waals surface area contributed by atoms with Crippen LogP contribution in [0.25, 0.3) is 10.9 Å². The number of H-pyrrole nitrogens is 1. The third kappa shape index (κ3) is 4.47. The Morgan fingerprint density at radius 1 is 1.09 bits per heavy atom. The van der Waals surface area contributed by atoms with Crippen LogP contribution in [0.5, 0.6) is 0 Å². The minimum atomic E-state index is -0.300. The summed E-state index contributed by atoms with van der Waals surface area (Å²) < 4.78 is 1.86. The van der Waals surface area contributed by atoms with E-state index in [2.05, 4.69) is 77.1 Å². The van der Waals surface area contributed by atoms with Gasteiger partial charge in [-0.1, -0.05) is 19.9 Å². The van der Waals surface area contributed by atoms with E-state index in [1.54, 1.807) is 0 Å². The van der Waals surface area contributed by atoms with Crippen molar-refractivity contribution in [1.29, 1.82) is 0 Å². The van der Waals surface area contributed by atoms with Gasteiger partial charge >= 0.3 is 0 Å². The summed E-state index contributed by atoms with van der Waals surface area (Å²) in [5.74, 6) is 0.720.